The Hall–Kier alpha value is -2.14. The lowest BCUT2D eigenvalue weighted by Gasteiger charge is -2.36. The minimum absolute atomic E-state index is 0. The van der Waals surface area contributed by atoms with Gasteiger partial charge in [0.15, 0.2) is 0 Å². The molecule has 3 atom stereocenters. The van der Waals surface area contributed by atoms with Crippen LogP contribution in [0.3, 0.4) is 0 Å². The second-order valence-corrected chi connectivity index (χ2v) is 9.57. The molecule has 1 aliphatic rings. The summed E-state index contributed by atoms with van der Waals surface area (Å²) in [5.74, 6) is 0.0542. The van der Waals surface area contributed by atoms with Crippen molar-refractivity contribution < 1.29 is 19.8 Å². The fraction of sp³-hybridized carbons (Fsp3) is 0.625. The lowest BCUT2D eigenvalue weighted by Crippen LogP contribution is -2.40. The number of carbonyl (C=O) groups is 2. The van der Waals surface area contributed by atoms with Gasteiger partial charge in [0, 0.05) is 24.6 Å². The maximum atomic E-state index is 13.7. The molecule has 1 aliphatic carbocycles. The van der Waals surface area contributed by atoms with E-state index in [0.29, 0.717) is 22.9 Å². The summed E-state index contributed by atoms with van der Waals surface area (Å²) in [6.07, 6.45) is 2.80. The molecule has 0 unspecified atom stereocenters. The molecule has 0 bridgehead atoms. The van der Waals surface area contributed by atoms with Crippen molar-refractivity contribution in [2.75, 3.05) is 19.8 Å². The van der Waals surface area contributed by atoms with E-state index in [4.69, 9.17) is 5.73 Å². The number of nitrogens with zero attached hydrogens (tertiary/aromatic N) is 2. The monoisotopic (exact) mass is 494 g/mol. The van der Waals surface area contributed by atoms with Crippen LogP contribution >= 0.6 is 13.5 Å². The largest absolute Gasteiger partial charge is 0.394 e. The first kappa shape index (κ1) is 28.1. The van der Waals surface area contributed by atoms with Crippen LogP contribution in [-0.2, 0) is 6.54 Å². The van der Waals surface area contributed by atoms with Crippen LogP contribution in [0.1, 0.15) is 55.2 Å². The van der Waals surface area contributed by atoms with Crippen LogP contribution in [0.4, 0.5) is 0 Å². The van der Waals surface area contributed by atoms with Crippen LogP contribution in [0.15, 0.2) is 23.0 Å². The zero-order valence-electron chi connectivity index (χ0n) is 20.2. The molecule has 1 aromatic carbocycles. The average Bonchev–Trinajstić information content (AvgIpc) is 3.07. The van der Waals surface area contributed by atoms with E-state index < -0.39 is 30.9 Å². The Morgan fingerprint density at radius 3 is 2.44 bits per heavy atom. The smallest absolute Gasteiger partial charge is 0.336 e. The molecule has 0 spiro atoms. The van der Waals surface area contributed by atoms with Crippen LogP contribution < -0.4 is 16.7 Å². The molecule has 9 nitrogen and oxygen atoms in total. The standard InChI is InChI=1S/C24H36N4O5.H2S/c1-14(2)18-6-4-15(3)10-19(18)23(32)28-20-7-5-16(22(31)26-17(12-29)13-30)11-21(20)27(9-8-25)24(28)33;/h5,7,11,14-15,17-19,29-30H,4,6,8-10,12-13,25H2,1-3H3,(H,26,31);1H2/t15-,18+,19-;/m1./s1. The zero-order valence-corrected chi connectivity index (χ0v) is 21.2. The van der Waals surface area contributed by atoms with Crippen molar-refractivity contribution in [3.05, 3.63) is 34.2 Å². The third-order valence-electron chi connectivity index (χ3n) is 6.88. The van der Waals surface area contributed by atoms with Crippen LogP contribution in [0, 0.1) is 23.7 Å². The molecule has 1 fully saturated rings. The molecule has 2 aromatic rings. The molecule has 0 saturated heterocycles. The number of carbonyl (C=O) groups excluding carboxylic acids is 2. The van der Waals surface area contributed by atoms with Gasteiger partial charge in [0.1, 0.15) is 0 Å². The van der Waals surface area contributed by atoms with E-state index in [1.807, 2.05) is 0 Å². The van der Waals surface area contributed by atoms with Gasteiger partial charge in [0.25, 0.3) is 5.91 Å². The number of fused-ring (bicyclic) bond motifs is 1. The first-order valence-electron chi connectivity index (χ1n) is 11.8. The van der Waals surface area contributed by atoms with Gasteiger partial charge in [-0.2, -0.15) is 13.5 Å². The van der Waals surface area contributed by atoms with E-state index in [1.54, 1.807) is 18.2 Å². The number of aliphatic hydroxyl groups excluding tert-OH is 2. The highest BCUT2D eigenvalue weighted by molar-refractivity contribution is 7.59. The molecular weight excluding hydrogens is 456 g/mol. The maximum Gasteiger partial charge on any atom is 0.336 e. The molecule has 3 rings (SSSR count). The summed E-state index contributed by atoms with van der Waals surface area (Å²) in [5.41, 5.74) is 6.47. The van der Waals surface area contributed by atoms with Gasteiger partial charge in [0.2, 0.25) is 5.91 Å². The number of hydrogen-bond acceptors (Lipinski definition) is 6. The molecule has 1 heterocycles. The minimum atomic E-state index is -0.785. The molecule has 0 aliphatic heterocycles. The topological polar surface area (TPSA) is 140 Å². The van der Waals surface area contributed by atoms with Gasteiger partial charge >= 0.3 is 5.69 Å². The normalized spacial score (nSPS) is 20.5. The Morgan fingerprint density at radius 1 is 1.18 bits per heavy atom. The van der Waals surface area contributed by atoms with E-state index in [-0.39, 0.29) is 49.9 Å². The highest BCUT2D eigenvalue weighted by Crippen LogP contribution is 2.39. The summed E-state index contributed by atoms with van der Waals surface area (Å²) in [5, 5.41) is 21.0. The number of hydrogen-bond donors (Lipinski definition) is 4. The maximum absolute atomic E-state index is 13.7. The summed E-state index contributed by atoms with van der Waals surface area (Å²) in [6.45, 7) is 6.01. The Kier molecular flexibility index (Phi) is 9.93. The number of nitrogens with one attached hydrogen (secondary N) is 1. The van der Waals surface area contributed by atoms with Gasteiger partial charge in [-0.1, -0.05) is 27.2 Å². The predicted octanol–water partition coefficient (Wildman–Crippen LogP) is 1.31. The summed E-state index contributed by atoms with van der Waals surface area (Å²) in [7, 11) is 0. The number of nitrogens with two attached hydrogens (primary N) is 1. The molecule has 0 radical (unpaired) electrons. The van der Waals surface area contributed by atoms with Crippen LogP contribution in [-0.4, -0.2) is 57.0 Å². The van der Waals surface area contributed by atoms with E-state index in [2.05, 4.69) is 26.1 Å². The van der Waals surface area contributed by atoms with Gasteiger partial charge in [-0.05, 0) is 48.8 Å². The van der Waals surface area contributed by atoms with Crippen molar-refractivity contribution in [2.24, 2.45) is 29.4 Å². The molecule has 1 amide bonds. The highest BCUT2D eigenvalue weighted by atomic mass is 32.1. The minimum Gasteiger partial charge on any atom is -0.394 e. The third kappa shape index (κ3) is 5.56. The van der Waals surface area contributed by atoms with Crippen LogP contribution in [0.25, 0.3) is 11.0 Å². The first-order chi connectivity index (χ1) is 15.7. The van der Waals surface area contributed by atoms with E-state index in [1.165, 1.54) is 9.13 Å². The van der Waals surface area contributed by atoms with Crippen molar-refractivity contribution in [3.8, 4) is 0 Å². The SMILES string of the molecule is CC(C)[C@@H]1CC[C@@H](C)C[C@H]1C(=O)n1c(=O)n(CCN)c2cc(C(=O)NC(CO)CO)ccc21.S. The van der Waals surface area contributed by atoms with Gasteiger partial charge in [-0.15, -0.1) is 0 Å². The van der Waals surface area contributed by atoms with E-state index in [9.17, 15) is 24.6 Å². The fourth-order valence-electron chi connectivity index (χ4n) is 5.02. The quantitative estimate of drug-likeness (QED) is 0.436. The lowest BCUT2D eigenvalue weighted by molar-refractivity contribution is 0.0633. The number of rotatable bonds is 8. The number of amides is 1. The van der Waals surface area contributed by atoms with Gasteiger partial charge in [-0.3, -0.25) is 14.2 Å². The van der Waals surface area contributed by atoms with Crippen molar-refractivity contribution >= 4 is 36.3 Å². The van der Waals surface area contributed by atoms with Crippen molar-refractivity contribution in [1.29, 1.82) is 0 Å². The second kappa shape index (κ2) is 12.0. The van der Waals surface area contributed by atoms with Crippen molar-refractivity contribution in [2.45, 2.75) is 52.6 Å². The van der Waals surface area contributed by atoms with Crippen LogP contribution in [0.2, 0.25) is 0 Å². The Morgan fingerprint density at radius 2 is 1.85 bits per heavy atom. The molecule has 5 N–H and O–H groups in total. The Balaban J connectivity index is 0.00000408. The number of imidazole rings is 1. The molecule has 1 aromatic heterocycles. The molecule has 34 heavy (non-hydrogen) atoms. The van der Waals surface area contributed by atoms with Crippen molar-refractivity contribution in [1.82, 2.24) is 14.5 Å². The van der Waals surface area contributed by atoms with E-state index in [0.717, 1.165) is 19.3 Å². The molecule has 190 valence electrons. The second-order valence-electron chi connectivity index (χ2n) is 9.57. The summed E-state index contributed by atoms with van der Waals surface area (Å²) in [6, 6.07) is 3.93. The Labute approximate surface area is 206 Å². The van der Waals surface area contributed by atoms with Crippen LogP contribution in [0.5, 0.6) is 0 Å². The lowest BCUT2D eigenvalue weighted by atomic mass is 9.69. The summed E-state index contributed by atoms with van der Waals surface area (Å²) in [4.78, 5) is 39.7. The summed E-state index contributed by atoms with van der Waals surface area (Å²) >= 11 is 0. The molecule has 1 saturated carbocycles. The fourth-order valence-corrected chi connectivity index (χ4v) is 5.02. The molecular formula is C24H38N4O5S. The Bertz CT molecular complexity index is 1060. The summed E-state index contributed by atoms with van der Waals surface area (Å²) < 4.78 is 2.70. The van der Waals surface area contributed by atoms with Crippen molar-refractivity contribution in [3.63, 3.8) is 0 Å². The highest BCUT2D eigenvalue weighted by Gasteiger charge is 2.37. The van der Waals surface area contributed by atoms with Gasteiger partial charge in [0.05, 0.1) is 30.3 Å². The van der Waals surface area contributed by atoms with Gasteiger partial charge < -0.3 is 21.3 Å². The predicted molar refractivity (Wildman–Crippen MR) is 137 cm³/mol. The zero-order chi connectivity index (χ0) is 24.3. The first-order valence-corrected chi connectivity index (χ1v) is 11.8. The molecule has 10 heteroatoms. The van der Waals surface area contributed by atoms with E-state index >= 15 is 0 Å². The number of benzene rings is 1. The third-order valence-corrected chi connectivity index (χ3v) is 6.88. The average molecular weight is 495 g/mol. The number of aliphatic hydroxyl groups is 2. The van der Waals surface area contributed by atoms with Gasteiger partial charge in [-0.25, -0.2) is 9.36 Å². The number of aromatic nitrogens is 2.